The van der Waals surface area contributed by atoms with Gasteiger partial charge >= 0.3 is 0 Å². The molecule has 234 valence electrons. The summed E-state index contributed by atoms with van der Waals surface area (Å²) in [4.78, 5) is 4.89. The largest absolute Gasteiger partial charge is 0.310 e. The van der Waals surface area contributed by atoms with Gasteiger partial charge in [-0.25, -0.2) is 0 Å². The fraction of sp³-hybridized carbons (Fsp3) is 0.0638. The predicted molar refractivity (Wildman–Crippen MR) is 208 cm³/mol. The van der Waals surface area contributed by atoms with Crippen molar-refractivity contribution in [2.75, 3.05) is 9.80 Å². The number of anilines is 6. The molecule has 49 heavy (non-hydrogen) atoms. The second-order valence-corrected chi connectivity index (χ2v) is 13.4. The molecule has 0 saturated carbocycles. The Labute approximate surface area is 288 Å². The van der Waals surface area contributed by atoms with Gasteiger partial charge in [0.2, 0.25) is 0 Å². The summed E-state index contributed by atoms with van der Waals surface area (Å²) in [5, 5.41) is 4.94. The van der Waals surface area contributed by atoms with Crippen LogP contribution in [0.25, 0.3) is 32.7 Å². The van der Waals surface area contributed by atoms with Crippen LogP contribution in [0.2, 0.25) is 0 Å². The van der Waals surface area contributed by atoms with Gasteiger partial charge in [-0.05, 0) is 87.4 Å². The first-order chi connectivity index (χ1) is 24.1. The van der Waals surface area contributed by atoms with Crippen molar-refractivity contribution in [3.63, 3.8) is 0 Å². The number of hydrogen-bond acceptors (Lipinski definition) is 2. The van der Waals surface area contributed by atoms with Gasteiger partial charge < -0.3 is 9.80 Å². The number of nitrogens with zero attached hydrogens (tertiary/aromatic N) is 2. The van der Waals surface area contributed by atoms with E-state index in [1.807, 2.05) is 0 Å². The highest BCUT2D eigenvalue weighted by Gasteiger charge is 2.38. The van der Waals surface area contributed by atoms with Gasteiger partial charge in [0.15, 0.2) is 0 Å². The zero-order valence-electron chi connectivity index (χ0n) is 27.7. The van der Waals surface area contributed by atoms with E-state index in [1.54, 1.807) is 0 Å². The van der Waals surface area contributed by atoms with Crippen molar-refractivity contribution >= 4 is 55.7 Å². The van der Waals surface area contributed by atoms with Gasteiger partial charge in [-0.3, -0.25) is 0 Å². The van der Waals surface area contributed by atoms with E-state index in [9.17, 15) is 0 Å². The van der Waals surface area contributed by atoms with E-state index in [4.69, 9.17) is 0 Å². The van der Waals surface area contributed by atoms with Crippen molar-refractivity contribution in [3.05, 3.63) is 193 Å². The van der Waals surface area contributed by atoms with Crippen LogP contribution in [0.5, 0.6) is 0 Å². The van der Waals surface area contributed by atoms with Crippen LogP contribution >= 0.6 is 0 Å². The highest BCUT2D eigenvalue weighted by molar-refractivity contribution is 6.08. The molecule has 2 nitrogen and oxygen atoms in total. The van der Waals surface area contributed by atoms with E-state index in [2.05, 4.69) is 206 Å². The van der Waals surface area contributed by atoms with Gasteiger partial charge in [0, 0.05) is 33.4 Å². The van der Waals surface area contributed by atoms with E-state index in [-0.39, 0.29) is 5.41 Å². The molecular formula is C47H36N2. The summed E-state index contributed by atoms with van der Waals surface area (Å²) in [5.74, 6) is 0. The second kappa shape index (κ2) is 11.5. The Morgan fingerprint density at radius 1 is 0.429 bits per heavy atom. The molecule has 8 aromatic rings. The van der Waals surface area contributed by atoms with Gasteiger partial charge in [0.1, 0.15) is 0 Å². The molecule has 1 heterocycles. The van der Waals surface area contributed by atoms with Crippen molar-refractivity contribution in [3.8, 4) is 11.1 Å². The van der Waals surface area contributed by atoms with Crippen LogP contribution in [0.15, 0.2) is 182 Å². The Kier molecular flexibility index (Phi) is 6.84. The number of para-hydroxylation sites is 3. The summed E-state index contributed by atoms with van der Waals surface area (Å²) in [6.07, 6.45) is 0. The summed E-state index contributed by atoms with van der Waals surface area (Å²) < 4.78 is 0. The highest BCUT2D eigenvalue weighted by atomic mass is 15.2. The third-order valence-corrected chi connectivity index (χ3v) is 10.2. The lowest BCUT2D eigenvalue weighted by Gasteiger charge is -2.43. The smallest absolute Gasteiger partial charge is 0.0618 e. The van der Waals surface area contributed by atoms with Crippen molar-refractivity contribution < 1.29 is 0 Å². The number of rotatable bonds is 5. The minimum absolute atomic E-state index is 0.245. The normalized spacial score (nSPS) is 13.2. The standard InChI is InChI=1S/C47H36N2/c1-47(2)42-23-13-14-24-44(42)49(45-30-28-39(32-43(45)47)48(37-18-5-3-6-19-37)38-20-7-4-8-21-38)46-40-22-12-11-16-34(40)27-29-41(46)36-26-25-33-15-9-10-17-35(33)31-36/h3-32H,1-2H3. The van der Waals surface area contributed by atoms with Crippen LogP contribution in [0.1, 0.15) is 25.0 Å². The molecule has 0 atom stereocenters. The van der Waals surface area contributed by atoms with Gasteiger partial charge in [-0.15, -0.1) is 0 Å². The fourth-order valence-electron chi connectivity index (χ4n) is 7.76. The molecule has 0 saturated heterocycles. The molecule has 0 spiro atoms. The van der Waals surface area contributed by atoms with Crippen molar-refractivity contribution in [2.45, 2.75) is 19.3 Å². The first kappa shape index (κ1) is 29.1. The summed E-state index contributed by atoms with van der Waals surface area (Å²) in [6, 6.07) is 66.2. The van der Waals surface area contributed by atoms with Crippen molar-refractivity contribution in [1.29, 1.82) is 0 Å². The van der Waals surface area contributed by atoms with Crippen molar-refractivity contribution in [2.24, 2.45) is 0 Å². The molecule has 0 radical (unpaired) electrons. The Hall–Kier alpha value is -6.12. The average molecular weight is 629 g/mol. The van der Waals surface area contributed by atoms with E-state index in [0.29, 0.717) is 0 Å². The van der Waals surface area contributed by atoms with Crippen molar-refractivity contribution in [1.82, 2.24) is 0 Å². The lowest BCUT2D eigenvalue weighted by atomic mass is 9.73. The lowest BCUT2D eigenvalue weighted by Crippen LogP contribution is -2.31. The van der Waals surface area contributed by atoms with Gasteiger partial charge in [-0.1, -0.05) is 141 Å². The summed E-state index contributed by atoms with van der Waals surface area (Å²) in [6.45, 7) is 4.74. The van der Waals surface area contributed by atoms with Gasteiger partial charge in [0.25, 0.3) is 0 Å². The molecule has 0 aromatic heterocycles. The SMILES string of the molecule is CC1(C)c2ccccc2N(c2c(-c3ccc4ccccc4c3)ccc3ccccc23)c2ccc(N(c3ccccc3)c3ccccc3)cc21. The quantitative estimate of drug-likeness (QED) is 0.187. The topological polar surface area (TPSA) is 6.48 Å². The zero-order chi connectivity index (χ0) is 33.0. The fourth-order valence-corrected chi connectivity index (χ4v) is 7.76. The molecule has 0 fully saturated rings. The molecule has 0 N–H and O–H groups in total. The van der Waals surface area contributed by atoms with Crippen LogP contribution < -0.4 is 9.80 Å². The molecule has 0 unspecified atom stereocenters. The monoisotopic (exact) mass is 628 g/mol. The Morgan fingerprint density at radius 2 is 1.02 bits per heavy atom. The third kappa shape index (κ3) is 4.79. The summed E-state index contributed by atoms with van der Waals surface area (Å²) in [7, 11) is 0. The number of benzene rings is 8. The molecule has 1 aliphatic rings. The maximum Gasteiger partial charge on any atom is 0.0618 e. The lowest BCUT2D eigenvalue weighted by molar-refractivity contribution is 0.632. The first-order valence-electron chi connectivity index (χ1n) is 17.0. The van der Waals surface area contributed by atoms with Crippen LogP contribution in [0.3, 0.4) is 0 Å². The maximum atomic E-state index is 2.53. The van der Waals surface area contributed by atoms with E-state index in [0.717, 1.165) is 17.1 Å². The van der Waals surface area contributed by atoms with Crippen LogP contribution in [-0.4, -0.2) is 0 Å². The Morgan fingerprint density at radius 3 is 1.78 bits per heavy atom. The Bertz CT molecular complexity index is 2440. The van der Waals surface area contributed by atoms with Crippen LogP contribution in [-0.2, 0) is 5.41 Å². The number of hydrogen-bond donors (Lipinski definition) is 0. The minimum Gasteiger partial charge on any atom is -0.310 e. The van der Waals surface area contributed by atoms with Gasteiger partial charge in [0.05, 0.1) is 17.1 Å². The first-order valence-corrected chi connectivity index (χ1v) is 17.0. The molecule has 0 amide bonds. The molecule has 2 heteroatoms. The van der Waals surface area contributed by atoms with E-state index < -0.39 is 0 Å². The van der Waals surface area contributed by atoms with Gasteiger partial charge in [-0.2, -0.15) is 0 Å². The molecule has 1 aliphatic heterocycles. The molecule has 0 bridgehead atoms. The predicted octanol–water partition coefficient (Wildman–Crippen LogP) is 13.2. The molecular weight excluding hydrogens is 593 g/mol. The second-order valence-electron chi connectivity index (χ2n) is 13.4. The molecule has 0 aliphatic carbocycles. The van der Waals surface area contributed by atoms with Crippen LogP contribution in [0, 0.1) is 0 Å². The summed E-state index contributed by atoms with van der Waals surface area (Å²) in [5.41, 5.74) is 11.8. The van der Waals surface area contributed by atoms with E-state index in [1.165, 1.54) is 60.9 Å². The highest BCUT2D eigenvalue weighted by Crippen LogP contribution is 2.56. The zero-order valence-corrected chi connectivity index (χ0v) is 27.7. The van der Waals surface area contributed by atoms with E-state index >= 15 is 0 Å². The average Bonchev–Trinajstić information content (AvgIpc) is 3.16. The third-order valence-electron chi connectivity index (χ3n) is 10.2. The number of fused-ring (bicyclic) bond motifs is 4. The summed E-state index contributed by atoms with van der Waals surface area (Å²) >= 11 is 0. The van der Waals surface area contributed by atoms with Crippen LogP contribution in [0.4, 0.5) is 34.1 Å². The molecule has 8 aromatic carbocycles. The Balaban J connectivity index is 1.32. The maximum absolute atomic E-state index is 2.53. The molecule has 9 rings (SSSR count). The minimum atomic E-state index is -0.245.